The van der Waals surface area contributed by atoms with Gasteiger partial charge in [0.2, 0.25) is 0 Å². The van der Waals surface area contributed by atoms with Gasteiger partial charge in [-0.1, -0.05) is 0 Å². The molecule has 2 aliphatic rings. The van der Waals surface area contributed by atoms with Crippen LogP contribution in [0.5, 0.6) is 0 Å². The Morgan fingerprint density at radius 1 is 0.706 bits per heavy atom. The molecule has 0 saturated carbocycles. The summed E-state index contributed by atoms with van der Waals surface area (Å²) in [6.45, 7) is 7.44. The summed E-state index contributed by atoms with van der Waals surface area (Å²) in [5.74, 6) is 0. The largest absolute Gasteiger partial charge is 0.317 e. The molecule has 102 valence electrons. The number of nitrogens with zero attached hydrogens (tertiary/aromatic N) is 3. The van der Waals surface area contributed by atoms with Gasteiger partial charge in [0, 0.05) is 32.2 Å². The van der Waals surface area contributed by atoms with Crippen LogP contribution in [0.1, 0.15) is 12.8 Å². The highest BCUT2D eigenvalue weighted by Gasteiger charge is 2.13. The number of hydrogen-bond donors (Lipinski definition) is 1. The predicted octanol–water partition coefficient (Wildman–Crippen LogP) is 0.164. The maximum atomic E-state index is 3.30. The van der Waals surface area contributed by atoms with E-state index in [1.165, 1.54) is 52.1 Å². The third-order valence-corrected chi connectivity index (χ3v) is 3.85. The van der Waals surface area contributed by atoms with E-state index in [-0.39, 0.29) is 0 Å². The van der Waals surface area contributed by atoms with Crippen molar-refractivity contribution in [1.82, 2.24) is 20.0 Å². The fraction of sp³-hybridized carbons (Fsp3) is 1.00. The van der Waals surface area contributed by atoms with E-state index in [2.05, 4.69) is 48.2 Å². The van der Waals surface area contributed by atoms with Gasteiger partial charge in [-0.2, -0.15) is 0 Å². The average molecular weight is 242 g/mol. The van der Waals surface area contributed by atoms with E-state index in [1.807, 2.05) is 0 Å². The minimum Gasteiger partial charge on any atom is -0.317 e. The van der Waals surface area contributed by atoms with Gasteiger partial charge in [0.05, 0.1) is 0 Å². The summed E-state index contributed by atoms with van der Waals surface area (Å²) in [5, 5.41) is 3.30. The van der Waals surface area contributed by atoms with E-state index in [0.717, 1.165) is 6.04 Å². The number of rotatable bonds is 1. The second-order valence-electron chi connectivity index (χ2n) is 5.47. The quantitative estimate of drug-likeness (QED) is 0.707. The Kier molecular flexibility index (Phi) is 7.04. The zero-order valence-corrected chi connectivity index (χ0v) is 12.1. The maximum absolute atomic E-state index is 3.30. The molecule has 17 heavy (non-hydrogen) atoms. The van der Waals surface area contributed by atoms with E-state index in [9.17, 15) is 0 Å². The van der Waals surface area contributed by atoms with Crippen molar-refractivity contribution in [2.45, 2.75) is 18.9 Å². The van der Waals surface area contributed by atoms with Crippen LogP contribution in [0.3, 0.4) is 0 Å². The summed E-state index contributed by atoms with van der Waals surface area (Å²) < 4.78 is 0. The zero-order valence-electron chi connectivity index (χ0n) is 12.1. The van der Waals surface area contributed by atoms with Crippen molar-refractivity contribution in [3.05, 3.63) is 0 Å². The maximum Gasteiger partial charge on any atom is 0.0107 e. The highest BCUT2D eigenvalue weighted by atomic mass is 15.2. The third kappa shape index (κ3) is 6.36. The van der Waals surface area contributed by atoms with E-state index in [4.69, 9.17) is 0 Å². The molecule has 2 heterocycles. The monoisotopic (exact) mass is 242 g/mol. The van der Waals surface area contributed by atoms with Crippen molar-refractivity contribution in [2.75, 3.05) is 67.5 Å². The molecule has 1 N–H and O–H groups in total. The lowest BCUT2D eigenvalue weighted by Crippen LogP contribution is -2.42. The molecule has 0 radical (unpaired) electrons. The molecule has 0 aromatic heterocycles. The van der Waals surface area contributed by atoms with Gasteiger partial charge in [0.25, 0.3) is 0 Å². The number of nitrogens with one attached hydrogen (secondary N) is 1. The minimum atomic E-state index is 0.779. The second kappa shape index (κ2) is 8.03. The summed E-state index contributed by atoms with van der Waals surface area (Å²) in [6.07, 6.45) is 2.62. The topological polar surface area (TPSA) is 21.8 Å². The molecule has 0 aliphatic carbocycles. The van der Waals surface area contributed by atoms with Crippen molar-refractivity contribution in [3.8, 4) is 0 Å². The van der Waals surface area contributed by atoms with Crippen molar-refractivity contribution in [2.24, 2.45) is 0 Å². The van der Waals surface area contributed by atoms with Crippen LogP contribution in [0.2, 0.25) is 0 Å². The molecular formula is C13H30N4. The lowest BCUT2D eigenvalue weighted by Gasteiger charge is -2.28. The fourth-order valence-electron chi connectivity index (χ4n) is 2.20. The van der Waals surface area contributed by atoms with Gasteiger partial charge >= 0.3 is 0 Å². The van der Waals surface area contributed by atoms with Gasteiger partial charge < -0.3 is 20.0 Å². The van der Waals surface area contributed by atoms with Crippen LogP contribution in [-0.4, -0.2) is 88.2 Å². The van der Waals surface area contributed by atoms with Gasteiger partial charge in [-0.05, 0) is 54.1 Å². The first-order valence-electron chi connectivity index (χ1n) is 6.84. The smallest absolute Gasteiger partial charge is 0.0107 e. The number of likely N-dealkylation sites (tertiary alicyclic amines) is 1. The first-order chi connectivity index (χ1) is 8.11. The molecule has 4 nitrogen and oxygen atoms in total. The first-order valence-corrected chi connectivity index (χ1v) is 6.84. The molecule has 0 spiro atoms. The summed E-state index contributed by atoms with van der Waals surface area (Å²) in [7, 11) is 8.59. The van der Waals surface area contributed by atoms with Gasteiger partial charge in [0.15, 0.2) is 0 Å². The normalized spacial score (nSPS) is 25.4. The lowest BCUT2D eigenvalue weighted by atomic mass is 10.1. The number of hydrogen-bond acceptors (Lipinski definition) is 4. The van der Waals surface area contributed by atoms with E-state index >= 15 is 0 Å². The number of likely N-dealkylation sites (N-methyl/N-ethyl adjacent to an activating group) is 2. The first kappa shape index (κ1) is 14.9. The molecule has 2 rings (SSSR count). The molecule has 0 unspecified atom stereocenters. The van der Waals surface area contributed by atoms with Crippen molar-refractivity contribution in [3.63, 3.8) is 0 Å². The molecular weight excluding hydrogens is 212 g/mol. The molecule has 0 bridgehead atoms. The standard InChI is InChI=1S/C7H16N2.C6H14N2/c1-8-7-3-5-9(2)6-4-7;1-7-3-5-8(2)6-4-7/h7-8H,3-6H2,1-2H3;3-6H2,1-2H3. The van der Waals surface area contributed by atoms with Crippen LogP contribution in [-0.2, 0) is 0 Å². The number of piperazine rings is 1. The Hall–Kier alpha value is -0.160. The Labute approximate surface area is 107 Å². The third-order valence-electron chi connectivity index (χ3n) is 3.85. The van der Waals surface area contributed by atoms with E-state index < -0.39 is 0 Å². The molecule has 0 amide bonds. The minimum absolute atomic E-state index is 0.779. The van der Waals surface area contributed by atoms with Gasteiger partial charge in [-0.3, -0.25) is 0 Å². The van der Waals surface area contributed by atoms with Gasteiger partial charge in [-0.25, -0.2) is 0 Å². The lowest BCUT2D eigenvalue weighted by molar-refractivity contribution is 0.181. The van der Waals surface area contributed by atoms with Crippen molar-refractivity contribution < 1.29 is 0 Å². The fourth-order valence-corrected chi connectivity index (χ4v) is 2.20. The molecule has 2 saturated heterocycles. The summed E-state index contributed by atoms with van der Waals surface area (Å²) in [4.78, 5) is 7.10. The highest BCUT2D eigenvalue weighted by Crippen LogP contribution is 2.06. The SMILES string of the molecule is CN1CCN(C)CC1.CNC1CCN(C)CC1. The Morgan fingerprint density at radius 3 is 1.41 bits per heavy atom. The van der Waals surface area contributed by atoms with Crippen LogP contribution in [0.4, 0.5) is 0 Å². The van der Waals surface area contributed by atoms with E-state index in [0.29, 0.717) is 0 Å². The van der Waals surface area contributed by atoms with Gasteiger partial charge in [-0.15, -0.1) is 0 Å². The van der Waals surface area contributed by atoms with Crippen LogP contribution < -0.4 is 5.32 Å². The molecule has 2 aliphatic heterocycles. The molecule has 0 aromatic rings. The summed E-state index contributed by atoms with van der Waals surface area (Å²) in [5.41, 5.74) is 0. The van der Waals surface area contributed by atoms with Crippen LogP contribution in [0.15, 0.2) is 0 Å². The van der Waals surface area contributed by atoms with Crippen LogP contribution in [0.25, 0.3) is 0 Å². The van der Waals surface area contributed by atoms with Crippen molar-refractivity contribution in [1.29, 1.82) is 0 Å². The highest BCUT2D eigenvalue weighted by molar-refractivity contribution is 4.73. The van der Waals surface area contributed by atoms with Gasteiger partial charge in [0.1, 0.15) is 0 Å². The Morgan fingerprint density at radius 2 is 1.06 bits per heavy atom. The Balaban J connectivity index is 0.000000171. The zero-order chi connectivity index (χ0) is 12.7. The molecule has 0 atom stereocenters. The van der Waals surface area contributed by atoms with Crippen LogP contribution >= 0.6 is 0 Å². The second-order valence-corrected chi connectivity index (χ2v) is 5.47. The van der Waals surface area contributed by atoms with Crippen LogP contribution in [0, 0.1) is 0 Å². The van der Waals surface area contributed by atoms with E-state index in [1.54, 1.807) is 0 Å². The number of piperidine rings is 1. The molecule has 0 aromatic carbocycles. The molecule has 2 fully saturated rings. The predicted molar refractivity (Wildman–Crippen MR) is 74.6 cm³/mol. The average Bonchev–Trinajstić information content (AvgIpc) is 2.35. The Bertz CT molecular complexity index is 172. The molecule has 4 heteroatoms. The van der Waals surface area contributed by atoms with Crippen molar-refractivity contribution >= 4 is 0 Å². The summed E-state index contributed by atoms with van der Waals surface area (Å²) >= 11 is 0. The summed E-state index contributed by atoms with van der Waals surface area (Å²) in [6, 6.07) is 0.779.